The van der Waals surface area contributed by atoms with Gasteiger partial charge in [-0.3, -0.25) is 0 Å². The summed E-state index contributed by atoms with van der Waals surface area (Å²) in [6.07, 6.45) is 0.0524. The molecule has 0 aliphatic rings. The van der Waals surface area contributed by atoms with Crippen LogP contribution in [0.15, 0.2) is 30.3 Å². The van der Waals surface area contributed by atoms with Gasteiger partial charge in [0.05, 0.1) is 0 Å². The zero-order chi connectivity index (χ0) is 8.10. The highest BCUT2D eigenvalue weighted by Gasteiger charge is 2.02. The maximum atomic E-state index is 12.8. The lowest BCUT2D eigenvalue weighted by Crippen LogP contribution is -2.01. The molecule has 0 saturated heterocycles. The van der Waals surface area contributed by atoms with E-state index in [0.29, 0.717) is 12.8 Å². The van der Waals surface area contributed by atoms with Crippen molar-refractivity contribution >= 4 is 0 Å². The summed E-state index contributed by atoms with van der Waals surface area (Å²) >= 11 is 0. The minimum atomic E-state index is -0.794. The molecule has 0 nitrogen and oxygen atoms in total. The van der Waals surface area contributed by atoms with E-state index in [9.17, 15) is 4.39 Å². The number of alkyl halides is 1. The molecule has 59 valence electrons. The Bertz CT molecular complexity index is 193. The van der Waals surface area contributed by atoms with Crippen LogP contribution in [-0.4, -0.2) is 6.17 Å². The van der Waals surface area contributed by atoms with Gasteiger partial charge in [-0.05, 0) is 12.0 Å². The molecule has 1 rings (SSSR count). The summed E-state index contributed by atoms with van der Waals surface area (Å²) in [7, 11) is 0. The van der Waals surface area contributed by atoms with Gasteiger partial charge in [-0.15, -0.1) is 0 Å². The smallest absolute Gasteiger partial charge is 0.104 e. The predicted molar refractivity (Wildman–Crippen MR) is 45.0 cm³/mol. The van der Waals surface area contributed by atoms with Crippen molar-refractivity contribution in [2.45, 2.75) is 19.0 Å². The largest absolute Gasteiger partial charge is 0.247 e. The summed E-state index contributed by atoms with van der Waals surface area (Å²) < 4.78 is 12.8. The zero-order valence-corrected chi connectivity index (χ0v) is 6.46. The summed E-state index contributed by atoms with van der Waals surface area (Å²) in [4.78, 5) is 0. The Hall–Kier alpha value is -0.850. The summed E-state index contributed by atoms with van der Waals surface area (Å²) in [5.74, 6) is 0. The highest BCUT2D eigenvalue weighted by Crippen LogP contribution is 2.07. The SMILES string of the molecule is [CH2]CC(F)Cc1ccccc1. The van der Waals surface area contributed by atoms with Gasteiger partial charge in [0.2, 0.25) is 0 Å². The molecular weight excluding hydrogens is 139 g/mol. The van der Waals surface area contributed by atoms with E-state index < -0.39 is 6.17 Å². The Kier molecular flexibility index (Phi) is 3.09. The van der Waals surface area contributed by atoms with Crippen LogP contribution in [0.25, 0.3) is 0 Å². The van der Waals surface area contributed by atoms with Gasteiger partial charge in [0.15, 0.2) is 0 Å². The number of benzene rings is 1. The highest BCUT2D eigenvalue weighted by molar-refractivity contribution is 5.15. The highest BCUT2D eigenvalue weighted by atomic mass is 19.1. The summed E-state index contributed by atoms with van der Waals surface area (Å²) in [6, 6.07) is 9.64. The molecule has 0 amide bonds. The fourth-order valence-electron chi connectivity index (χ4n) is 0.972. The molecule has 0 N–H and O–H groups in total. The first kappa shape index (κ1) is 8.25. The van der Waals surface area contributed by atoms with Crippen LogP contribution in [0, 0.1) is 6.92 Å². The van der Waals surface area contributed by atoms with Crippen molar-refractivity contribution in [2.24, 2.45) is 0 Å². The third-order valence-electron chi connectivity index (χ3n) is 1.61. The maximum absolute atomic E-state index is 12.8. The second kappa shape index (κ2) is 4.12. The molecule has 1 atom stereocenters. The molecule has 11 heavy (non-hydrogen) atoms. The Morgan fingerprint density at radius 3 is 2.45 bits per heavy atom. The van der Waals surface area contributed by atoms with Crippen LogP contribution < -0.4 is 0 Å². The Morgan fingerprint density at radius 1 is 1.27 bits per heavy atom. The van der Waals surface area contributed by atoms with E-state index in [0.717, 1.165) is 5.56 Å². The third-order valence-corrected chi connectivity index (χ3v) is 1.61. The minimum Gasteiger partial charge on any atom is -0.247 e. The van der Waals surface area contributed by atoms with Crippen LogP contribution in [0.5, 0.6) is 0 Å². The van der Waals surface area contributed by atoms with E-state index in [4.69, 9.17) is 0 Å². The topological polar surface area (TPSA) is 0 Å². The first-order valence-corrected chi connectivity index (χ1v) is 3.80. The van der Waals surface area contributed by atoms with E-state index in [-0.39, 0.29) is 0 Å². The van der Waals surface area contributed by atoms with Gasteiger partial charge in [-0.1, -0.05) is 37.3 Å². The lowest BCUT2D eigenvalue weighted by molar-refractivity contribution is 0.334. The zero-order valence-electron chi connectivity index (χ0n) is 6.46. The molecule has 0 fully saturated rings. The quantitative estimate of drug-likeness (QED) is 0.623. The molecular formula is C10H12F. The Morgan fingerprint density at radius 2 is 1.91 bits per heavy atom. The van der Waals surface area contributed by atoms with Crippen molar-refractivity contribution < 1.29 is 4.39 Å². The molecule has 0 aliphatic heterocycles. The molecule has 0 aromatic heterocycles. The third kappa shape index (κ3) is 2.71. The van der Waals surface area contributed by atoms with E-state index in [2.05, 4.69) is 6.92 Å². The maximum Gasteiger partial charge on any atom is 0.104 e. The molecule has 1 heteroatoms. The molecule has 1 unspecified atom stereocenters. The molecule has 1 aromatic rings. The van der Waals surface area contributed by atoms with E-state index in [1.165, 1.54) is 0 Å². The van der Waals surface area contributed by atoms with Crippen molar-refractivity contribution in [2.75, 3.05) is 0 Å². The molecule has 1 aromatic carbocycles. The standard InChI is InChI=1S/C10H12F/c1-2-10(11)8-9-6-4-3-5-7-9/h3-7,10H,1-2,8H2. The van der Waals surface area contributed by atoms with Gasteiger partial charge in [0, 0.05) is 6.42 Å². The summed E-state index contributed by atoms with van der Waals surface area (Å²) in [5.41, 5.74) is 1.05. The number of hydrogen-bond donors (Lipinski definition) is 0. The van der Waals surface area contributed by atoms with Crippen molar-refractivity contribution in [3.63, 3.8) is 0 Å². The average molecular weight is 151 g/mol. The van der Waals surface area contributed by atoms with Crippen LogP contribution in [0.3, 0.4) is 0 Å². The fraction of sp³-hybridized carbons (Fsp3) is 0.300. The molecule has 0 aliphatic carbocycles. The van der Waals surface area contributed by atoms with Crippen molar-refractivity contribution in [3.8, 4) is 0 Å². The Balaban J connectivity index is 2.51. The van der Waals surface area contributed by atoms with Gasteiger partial charge >= 0.3 is 0 Å². The summed E-state index contributed by atoms with van der Waals surface area (Å²) in [5, 5.41) is 0. The fourth-order valence-corrected chi connectivity index (χ4v) is 0.972. The second-order valence-corrected chi connectivity index (χ2v) is 2.58. The van der Waals surface area contributed by atoms with E-state index in [1.807, 2.05) is 30.3 Å². The monoisotopic (exact) mass is 151 g/mol. The van der Waals surface area contributed by atoms with Gasteiger partial charge in [0.25, 0.3) is 0 Å². The van der Waals surface area contributed by atoms with E-state index >= 15 is 0 Å². The molecule has 1 radical (unpaired) electrons. The van der Waals surface area contributed by atoms with Gasteiger partial charge < -0.3 is 0 Å². The van der Waals surface area contributed by atoms with Crippen molar-refractivity contribution in [3.05, 3.63) is 42.8 Å². The first-order valence-electron chi connectivity index (χ1n) is 3.80. The van der Waals surface area contributed by atoms with E-state index in [1.54, 1.807) is 0 Å². The van der Waals surface area contributed by atoms with Crippen LogP contribution in [0.2, 0.25) is 0 Å². The Labute approximate surface area is 67.1 Å². The second-order valence-electron chi connectivity index (χ2n) is 2.58. The lowest BCUT2D eigenvalue weighted by Gasteiger charge is -2.03. The molecule has 0 bridgehead atoms. The van der Waals surface area contributed by atoms with Crippen molar-refractivity contribution in [1.82, 2.24) is 0 Å². The normalized spacial score (nSPS) is 12.9. The van der Waals surface area contributed by atoms with Crippen molar-refractivity contribution in [1.29, 1.82) is 0 Å². The van der Waals surface area contributed by atoms with Crippen LogP contribution in [-0.2, 0) is 6.42 Å². The predicted octanol–water partition coefficient (Wildman–Crippen LogP) is 2.79. The van der Waals surface area contributed by atoms with Crippen LogP contribution >= 0.6 is 0 Å². The average Bonchev–Trinajstić information content (AvgIpc) is 2.06. The van der Waals surface area contributed by atoms with Crippen LogP contribution in [0.1, 0.15) is 12.0 Å². The summed E-state index contributed by atoms with van der Waals surface area (Å²) in [6.45, 7) is 3.51. The van der Waals surface area contributed by atoms with Gasteiger partial charge in [-0.25, -0.2) is 4.39 Å². The van der Waals surface area contributed by atoms with Gasteiger partial charge in [-0.2, -0.15) is 0 Å². The van der Waals surface area contributed by atoms with Crippen LogP contribution in [0.4, 0.5) is 4.39 Å². The lowest BCUT2D eigenvalue weighted by atomic mass is 10.1. The minimum absolute atomic E-state index is 0.356. The first-order chi connectivity index (χ1) is 5.33. The number of halogens is 1. The number of hydrogen-bond acceptors (Lipinski definition) is 0. The van der Waals surface area contributed by atoms with Gasteiger partial charge in [0.1, 0.15) is 6.17 Å². The number of rotatable bonds is 3. The molecule has 0 spiro atoms. The molecule has 0 heterocycles. The molecule has 0 saturated carbocycles.